The van der Waals surface area contributed by atoms with Gasteiger partial charge in [-0.25, -0.2) is 9.18 Å². The molecule has 0 unspecified atom stereocenters. The van der Waals surface area contributed by atoms with Crippen molar-refractivity contribution in [1.29, 1.82) is 0 Å². The maximum Gasteiger partial charge on any atom is 0.329 e. The highest BCUT2D eigenvalue weighted by molar-refractivity contribution is 14.1. The molecule has 3 rings (SSSR count). The van der Waals surface area contributed by atoms with Gasteiger partial charge in [0.1, 0.15) is 5.82 Å². The number of benzene rings is 1. The van der Waals surface area contributed by atoms with Gasteiger partial charge in [0.05, 0.1) is 9.09 Å². The highest BCUT2D eigenvalue weighted by Gasteiger charge is 2.28. The van der Waals surface area contributed by atoms with E-state index >= 15 is 0 Å². The van der Waals surface area contributed by atoms with E-state index in [2.05, 4.69) is 10.4 Å². The fourth-order valence-electron chi connectivity index (χ4n) is 2.20. The van der Waals surface area contributed by atoms with Crippen LogP contribution < -0.4 is 10.2 Å². The Balaban J connectivity index is 2.14. The molecule has 0 saturated carbocycles. The fraction of sp³-hybridized carbons (Fsp3) is 0.250. The minimum atomic E-state index is -0.528. The van der Waals surface area contributed by atoms with Crippen LogP contribution in [0.1, 0.15) is 6.42 Å². The van der Waals surface area contributed by atoms with Crippen LogP contribution in [0, 0.1) is 9.39 Å². The average molecular weight is 388 g/mol. The van der Waals surface area contributed by atoms with E-state index in [0.717, 1.165) is 5.52 Å². The Morgan fingerprint density at radius 2 is 2.15 bits per heavy atom. The van der Waals surface area contributed by atoms with Crippen molar-refractivity contribution in [2.75, 3.05) is 11.4 Å². The van der Waals surface area contributed by atoms with Gasteiger partial charge in [-0.05, 0) is 34.7 Å². The summed E-state index contributed by atoms with van der Waals surface area (Å²) in [6, 6.07) is 2.51. The molecule has 3 amide bonds. The second-order valence-corrected chi connectivity index (χ2v) is 5.65. The molecule has 1 saturated heterocycles. The summed E-state index contributed by atoms with van der Waals surface area (Å²) in [6.45, 7) is 0.240. The summed E-state index contributed by atoms with van der Waals surface area (Å²) in [5.74, 6) is -0.309. The summed E-state index contributed by atoms with van der Waals surface area (Å²) in [5, 5.41) is 7.05. The van der Waals surface area contributed by atoms with Crippen molar-refractivity contribution < 1.29 is 14.0 Å². The average Bonchev–Trinajstić information content (AvgIpc) is 2.67. The molecule has 104 valence electrons. The van der Waals surface area contributed by atoms with Crippen molar-refractivity contribution in [3.05, 3.63) is 21.5 Å². The van der Waals surface area contributed by atoms with Crippen molar-refractivity contribution in [1.82, 2.24) is 15.1 Å². The van der Waals surface area contributed by atoms with Crippen LogP contribution >= 0.6 is 22.6 Å². The number of nitrogens with zero attached hydrogens (tertiary/aromatic N) is 3. The van der Waals surface area contributed by atoms with Crippen molar-refractivity contribution in [3.8, 4) is 0 Å². The Labute approximate surface area is 127 Å². The first-order valence-corrected chi connectivity index (χ1v) is 6.98. The van der Waals surface area contributed by atoms with Crippen LogP contribution in [0.3, 0.4) is 0 Å². The number of aryl methyl sites for hydroxylation is 1. The monoisotopic (exact) mass is 388 g/mol. The fourth-order valence-corrected chi connectivity index (χ4v) is 2.65. The van der Waals surface area contributed by atoms with E-state index in [0.29, 0.717) is 14.8 Å². The van der Waals surface area contributed by atoms with E-state index < -0.39 is 6.03 Å². The van der Waals surface area contributed by atoms with Gasteiger partial charge < -0.3 is 0 Å². The predicted molar refractivity (Wildman–Crippen MR) is 78.9 cm³/mol. The summed E-state index contributed by atoms with van der Waals surface area (Å²) < 4.78 is 15.8. The second-order valence-electron chi connectivity index (χ2n) is 4.49. The molecule has 1 aromatic carbocycles. The first-order valence-electron chi connectivity index (χ1n) is 5.90. The zero-order valence-corrected chi connectivity index (χ0v) is 12.6. The highest BCUT2D eigenvalue weighted by Crippen LogP contribution is 2.29. The van der Waals surface area contributed by atoms with E-state index in [9.17, 15) is 14.0 Å². The Morgan fingerprint density at radius 1 is 1.40 bits per heavy atom. The molecule has 6 nitrogen and oxygen atoms in total. The molecule has 2 heterocycles. The molecular weight excluding hydrogens is 378 g/mol. The maximum absolute atomic E-state index is 13.7. The summed E-state index contributed by atoms with van der Waals surface area (Å²) in [6.07, 6.45) is 0.205. The topological polar surface area (TPSA) is 67.2 Å². The molecule has 8 heteroatoms. The van der Waals surface area contributed by atoms with Crippen molar-refractivity contribution >= 4 is 51.2 Å². The van der Waals surface area contributed by atoms with Crippen molar-refractivity contribution in [2.24, 2.45) is 7.05 Å². The third-order valence-corrected chi connectivity index (χ3v) is 4.01. The number of urea groups is 1. The van der Waals surface area contributed by atoms with E-state index in [4.69, 9.17) is 0 Å². The largest absolute Gasteiger partial charge is 0.329 e. The Bertz CT molecular complexity index is 743. The van der Waals surface area contributed by atoms with Crippen LogP contribution in [0.25, 0.3) is 10.9 Å². The zero-order chi connectivity index (χ0) is 14.4. The molecule has 0 atom stereocenters. The number of halogens is 2. The lowest BCUT2D eigenvalue weighted by Gasteiger charge is -2.24. The van der Waals surface area contributed by atoms with E-state index in [-0.39, 0.29) is 24.7 Å². The first kappa shape index (κ1) is 13.3. The third-order valence-electron chi connectivity index (χ3n) is 3.18. The molecule has 1 N–H and O–H groups in total. The molecule has 1 aromatic heterocycles. The van der Waals surface area contributed by atoms with Crippen LogP contribution in [0.4, 0.5) is 15.0 Å². The van der Waals surface area contributed by atoms with Gasteiger partial charge in [0.2, 0.25) is 5.91 Å². The lowest BCUT2D eigenvalue weighted by Crippen LogP contribution is -2.49. The molecule has 2 aromatic rings. The molecule has 1 fully saturated rings. The smallest absolute Gasteiger partial charge is 0.278 e. The van der Waals surface area contributed by atoms with Gasteiger partial charge in [-0.3, -0.25) is 19.7 Å². The minimum Gasteiger partial charge on any atom is -0.278 e. The number of amides is 3. The summed E-state index contributed by atoms with van der Waals surface area (Å²) >= 11 is 1.91. The molecule has 0 bridgehead atoms. The standard InChI is InChI=1S/C12H10FIN4O2/c1-17-9-5-8(14)7(13)4-6(9)11(16-17)18-3-2-10(19)15-12(18)20/h4-5H,2-3H2,1H3,(H,15,19,20). The van der Waals surface area contributed by atoms with E-state index in [1.807, 2.05) is 22.6 Å². The summed E-state index contributed by atoms with van der Waals surface area (Å²) in [7, 11) is 1.73. The van der Waals surface area contributed by atoms with Crippen LogP contribution in [-0.4, -0.2) is 28.3 Å². The van der Waals surface area contributed by atoms with Gasteiger partial charge >= 0.3 is 6.03 Å². The lowest BCUT2D eigenvalue weighted by molar-refractivity contribution is -0.120. The third kappa shape index (κ3) is 2.03. The Hall–Kier alpha value is -1.71. The number of carbonyl (C=O) groups excluding carboxylic acids is 2. The van der Waals surface area contributed by atoms with Crippen molar-refractivity contribution in [2.45, 2.75) is 6.42 Å². The van der Waals surface area contributed by atoms with Crippen LogP contribution in [0.2, 0.25) is 0 Å². The Morgan fingerprint density at radius 3 is 2.85 bits per heavy atom. The van der Waals surface area contributed by atoms with Gasteiger partial charge in [0.15, 0.2) is 5.82 Å². The molecule has 0 spiro atoms. The quantitative estimate of drug-likeness (QED) is 0.758. The maximum atomic E-state index is 13.7. The number of imide groups is 1. The second kappa shape index (κ2) is 4.69. The molecule has 1 aliphatic rings. The zero-order valence-electron chi connectivity index (χ0n) is 10.5. The molecule has 0 radical (unpaired) electrons. The number of hydrogen-bond acceptors (Lipinski definition) is 3. The predicted octanol–water partition coefficient (Wildman–Crippen LogP) is 1.76. The van der Waals surface area contributed by atoms with Gasteiger partial charge in [-0.15, -0.1) is 0 Å². The number of anilines is 1. The highest BCUT2D eigenvalue weighted by atomic mass is 127. The van der Waals surface area contributed by atoms with Crippen LogP contribution in [0.15, 0.2) is 12.1 Å². The number of rotatable bonds is 1. The van der Waals surface area contributed by atoms with E-state index in [1.165, 1.54) is 11.0 Å². The number of carbonyl (C=O) groups is 2. The number of fused-ring (bicyclic) bond motifs is 1. The van der Waals surface area contributed by atoms with Gasteiger partial charge in [0.25, 0.3) is 0 Å². The molecular formula is C12H10FIN4O2. The van der Waals surface area contributed by atoms with Crippen LogP contribution in [-0.2, 0) is 11.8 Å². The normalized spacial score (nSPS) is 15.8. The van der Waals surface area contributed by atoms with Gasteiger partial charge in [-0.2, -0.15) is 5.10 Å². The molecule has 20 heavy (non-hydrogen) atoms. The SMILES string of the molecule is Cn1nc(N2CCC(=O)NC2=O)c2cc(F)c(I)cc21. The molecule has 0 aliphatic carbocycles. The minimum absolute atomic E-state index is 0.205. The van der Waals surface area contributed by atoms with Gasteiger partial charge in [0, 0.05) is 25.4 Å². The summed E-state index contributed by atoms with van der Waals surface area (Å²) in [4.78, 5) is 24.4. The van der Waals surface area contributed by atoms with E-state index in [1.54, 1.807) is 17.8 Å². The number of hydrogen-bond donors (Lipinski definition) is 1. The summed E-state index contributed by atoms with van der Waals surface area (Å²) in [5.41, 5.74) is 0.732. The number of nitrogens with one attached hydrogen (secondary N) is 1. The number of aromatic nitrogens is 2. The van der Waals surface area contributed by atoms with Crippen molar-refractivity contribution in [3.63, 3.8) is 0 Å². The van der Waals surface area contributed by atoms with Gasteiger partial charge in [-0.1, -0.05) is 0 Å². The Kier molecular flexibility index (Phi) is 3.11. The lowest BCUT2D eigenvalue weighted by atomic mass is 10.2. The van der Waals surface area contributed by atoms with Crippen LogP contribution in [0.5, 0.6) is 0 Å². The first-order chi connectivity index (χ1) is 9.47. The molecule has 1 aliphatic heterocycles.